The zero-order valence-corrected chi connectivity index (χ0v) is 19.1. The van der Waals surface area contributed by atoms with Gasteiger partial charge in [0.05, 0.1) is 0 Å². The number of alkyl halides is 2. The summed E-state index contributed by atoms with van der Waals surface area (Å²) in [5.41, 5.74) is 3.27. The lowest BCUT2D eigenvalue weighted by atomic mass is 10.0. The number of aryl methyl sites for hydroxylation is 1. The molecule has 2 fully saturated rings. The molecular formula is C23H30F2N6O2. The van der Waals surface area contributed by atoms with E-state index >= 15 is 0 Å². The molecule has 10 heteroatoms. The maximum absolute atomic E-state index is 13.6. The van der Waals surface area contributed by atoms with Gasteiger partial charge in [-0.05, 0) is 24.1 Å². The average Bonchev–Trinajstić information content (AvgIpc) is 3.23. The van der Waals surface area contributed by atoms with Gasteiger partial charge in [-0.3, -0.25) is 9.69 Å². The molecule has 33 heavy (non-hydrogen) atoms. The Kier molecular flexibility index (Phi) is 6.64. The maximum atomic E-state index is 13.6. The normalized spacial score (nSPS) is 18.9. The highest BCUT2D eigenvalue weighted by Crippen LogP contribution is 2.33. The number of benzene rings is 1. The molecule has 4 rings (SSSR count). The third-order valence-electron chi connectivity index (χ3n) is 6.20. The molecule has 0 spiro atoms. The Labute approximate surface area is 192 Å². The van der Waals surface area contributed by atoms with Gasteiger partial charge in [0.2, 0.25) is 5.91 Å². The maximum Gasteiger partial charge on any atom is 0.344 e. The highest BCUT2D eigenvalue weighted by atomic mass is 19.3. The molecule has 1 N–H and O–H groups in total. The molecule has 0 radical (unpaired) electrons. The van der Waals surface area contributed by atoms with Crippen molar-refractivity contribution in [3.05, 3.63) is 41.6 Å². The van der Waals surface area contributed by atoms with Gasteiger partial charge < -0.3 is 15.1 Å². The average molecular weight is 461 g/mol. The molecule has 0 atom stereocenters. The van der Waals surface area contributed by atoms with E-state index in [1.807, 2.05) is 6.92 Å². The van der Waals surface area contributed by atoms with Gasteiger partial charge >= 0.3 is 6.03 Å². The van der Waals surface area contributed by atoms with Gasteiger partial charge in [-0.2, -0.15) is 4.68 Å². The van der Waals surface area contributed by atoms with Gasteiger partial charge in [0.25, 0.3) is 5.92 Å². The zero-order chi connectivity index (χ0) is 23.6. The SMILES string of the molecule is CC(=O)Nc1ccn(C(=O)N2CCN(Cc3ccc(C)cc3N3CCC(F)(F)CC3)CC2)n1. The molecular weight excluding hydrogens is 430 g/mol. The van der Waals surface area contributed by atoms with Crippen molar-refractivity contribution in [2.24, 2.45) is 0 Å². The summed E-state index contributed by atoms with van der Waals surface area (Å²) in [5, 5.41) is 6.68. The number of piperazine rings is 1. The molecule has 2 aliphatic heterocycles. The number of piperidine rings is 1. The van der Waals surface area contributed by atoms with Crippen LogP contribution < -0.4 is 10.2 Å². The number of nitrogens with zero attached hydrogens (tertiary/aromatic N) is 5. The van der Waals surface area contributed by atoms with Crippen molar-refractivity contribution in [1.29, 1.82) is 0 Å². The largest absolute Gasteiger partial charge is 0.371 e. The number of rotatable bonds is 4. The zero-order valence-electron chi connectivity index (χ0n) is 19.1. The molecule has 8 nitrogen and oxygen atoms in total. The number of aromatic nitrogens is 2. The molecule has 0 bridgehead atoms. The van der Waals surface area contributed by atoms with Crippen molar-refractivity contribution in [1.82, 2.24) is 19.6 Å². The topological polar surface area (TPSA) is 73.7 Å². The van der Waals surface area contributed by atoms with Crippen LogP contribution in [0.3, 0.4) is 0 Å². The van der Waals surface area contributed by atoms with Gasteiger partial charge in [-0.1, -0.05) is 12.1 Å². The first-order valence-electron chi connectivity index (χ1n) is 11.3. The first kappa shape index (κ1) is 23.2. The Morgan fingerprint density at radius 1 is 1.06 bits per heavy atom. The van der Waals surface area contributed by atoms with Crippen LogP contribution in [0.15, 0.2) is 30.5 Å². The summed E-state index contributed by atoms with van der Waals surface area (Å²) in [7, 11) is 0. The number of amides is 2. The minimum absolute atomic E-state index is 0.113. The smallest absolute Gasteiger partial charge is 0.344 e. The number of nitrogens with one attached hydrogen (secondary N) is 1. The van der Waals surface area contributed by atoms with Crippen molar-refractivity contribution >= 4 is 23.4 Å². The van der Waals surface area contributed by atoms with Crippen LogP contribution in [0.4, 0.5) is 25.1 Å². The van der Waals surface area contributed by atoms with Crippen molar-refractivity contribution in [2.75, 3.05) is 49.5 Å². The van der Waals surface area contributed by atoms with Crippen molar-refractivity contribution < 1.29 is 18.4 Å². The standard InChI is InChI=1S/C23H30F2N6O2/c1-17-3-4-19(20(15-17)29-9-6-23(24,25)7-10-29)16-28-11-13-30(14-12-28)22(33)31-8-5-21(27-31)26-18(2)32/h3-5,8,15H,6-7,9-14,16H2,1-2H3,(H,26,27,32). The van der Waals surface area contributed by atoms with Gasteiger partial charge in [-0.15, -0.1) is 5.10 Å². The molecule has 2 amide bonds. The molecule has 1 aromatic carbocycles. The van der Waals surface area contributed by atoms with Crippen LogP contribution in [0.1, 0.15) is 30.9 Å². The third-order valence-corrected chi connectivity index (χ3v) is 6.20. The Bertz CT molecular complexity index is 1010. The number of hydrogen-bond acceptors (Lipinski definition) is 5. The number of carbonyl (C=O) groups excluding carboxylic acids is 2. The Balaban J connectivity index is 1.36. The van der Waals surface area contributed by atoms with Crippen LogP contribution in [0, 0.1) is 6.92 Å². The molecule has 3 heterocycles. The molecule has 1 aromatic heterocycles. The van der Waals surface area contributed by atoms with E-state index in [0.717, 1.165) is 16.8 Å². The second-order valence-corrected chi connectivity index (χ2v) is 8.85. The predicted octanol–water partition coefficient (Wildman–Crippen LogP) is 3.17. The van der Waals surface area contributed by atoms with Gasteiger partial charge in [0, 0.05) is 83.5 Å². The van der Waals surface area contributed by atoms with Crippen LogP contribution >= 0.6 is 0 Å². The van der Waals surface area contributed by atoms with E-state index in [1.54, 1.807) is 17.2 Å². The lowest BCUT2D eigenvalue weighted by Gasteiger charge is -2.37. The Hall–Kier alpha value is -3.01. The van der Waals surface area contributed by atoms with Crippen molar-refractivity contribution in [3.8, 4) is 0 Å². The van der Waals surface area contributed by atoms with Gasteiger partial charge in [-0.25, -0.2) is 13.6 Å². The minimum atomic E-state index is -2.57. The highest BCUT2D eigenvalue weighted by Gasteiger charge is 2.34. The first-order chi connectivity index (χ1) is 15.7. The quantitative estimate of drug-likeness (QED) is 0.759. The number of hydrogen-bond donors (Lipinski definition) is 1. The van der Waals surface area contributed by atoms with E-state index < -0.39 is 5.92 Å². The lowest BCUT2D eigenvalue weighted by molar-refractivity contribution is -0.114. The minimum Gasteiger partial charge on any atom is -0.371 e. The van der Waals surface area contributed by atoms with Crippen molar-refractivity contribution in [2.45, 2.75) is 39.2 Å². The summed E-state index contributed by atoms with van der Waals surface area (Å²) in [6.45, 7) is 7.36. The van der Waals surface area contributed by atoms with E-state index in [-0.39, 0.29) is 24.8 Å². The summed E-state index contributed by atoms with van der Waals surface area (Å²) in [6, 6.07) is 7.59. The van der Waals surface area contributed by atoms with E-state index in [2.05, 4.69) is 38.4 Å². The fourth-order valence-corrected chi connectivity index (χ4v) is 4.34. The molecule has 2 aromatic rings. The third kappa shape index (κ3) is 5.68. The molecule has 0 unspecified atom stereocenters. The van der Waals surface area contributed by atoms with E-state index in [1.165, 1.54) is 11.6 Å². The second-order valence-electron chi connectivity index (χ2n) is 8.85. The van der Waals surface area contributed by atoms with Crippen molar-refractivity contribution in [3.63, 3.8) is 0 Å². The van der Waals surface area contributed by atoms with E-state index in [9.17, 15) is 18.4 Å². The predicted molar refractivity (Wildman–Crippen MR) is 122 cm³/mol. The summed E-state index contributed by atoms with van der Waals surface area (Å²) in [4.78, 5) is 30.0. The molecule has 0 aliphatic carbocycles. The first-order valence-corrected chi connectivity index (χ1v) is 11.3. The number of carbonyl (C=O) groups is 2. The number of anilines is 2. The molecule has 0 saturated carbocycles. The van der Waals surface area contributed by atoms with Crippen LogP contribution in [0.5, 0.6) is 0 Å². The number of halogens is 2. The van der Waals surface area contributed by atoms with E-state index in [4.69, 9.17) is 0 Å². The lowest BCUT2D eigenvalue weighted by Crippen LogP contribution is -2.49. The molecule has 2 saturated heterocycles. The van der Waals surface area contributed by atoms with Gasteiger partial charge in [0.1, 0.15) is 0 Å². The molecule has 2 aliphatic rings. The Morgan fingerprint density at radius 3 is 2.42 bits per heavy atom. The summed E-state index contributed by atoms with van der Waals surface area (Å²) >= 11 is 0. The van der Waals surface area contributed by atoms with E-state index in [0.29, 0.717) is 51.6 Å². The fourth-order valence-electron chi connectivity index (χ4n) is 4.34. The monoisotopic (exact) mass is 460 g/mol. The second kappa shape index (κ2) is 9.46. The van der Waals surface area contributed by atoms with Crippen LogP contribution in [0.25, 0.3) is 0 Å². The summed E-state index contributed by atoms with van der Waals surface area (Å²) in [5.74, 6) is -2.47. The molecule has 178 valence electrons. The van der Waals surface area contributed by atoms with Crippen LogP contribution in [-0.2, 0) is 11.3 Å². The summed E-state index contributed by atoms with van der Waals surface area (Å²) < 4.78 is 28.5. The summed E-state index contributed by atoms with van der Waals surface area (Å²) in [6.07, 6.45) is 1.32. The van der Waals surface area contributed by atoms with Gasteiger partial charge in [0.15, 0.2) is 5.82 Å². The van der Waals surface area contributed by atoms with Crippen LogP contribution in [-0.4, -0.2) is 76.7 Å². The Morgan fingerprint density at radius 2 is 1.76 bits per heavy atom. The van der Waals surface area contributed by atoms with Crippen LogP contribution in [0.2, 0.25) is 0 Å². The highest BCUT2D eigenvalue weighted by molar-refractivity contribution is 5.88. The fraction of sp³-hybridized carbons (Fsp3) is 0.522.